The number of carbonyl (C=O) groups excluding carboxylic acids is 1. The second-order valence-corrected chi connectivity index (χ2v) is 5.84. The maximum Gasteiger partial charge on any atom is 0.338 e. The lowest BCUT2D eigenvalue weighted by Crippen LogP contribution is -2.33. The van der Waals surface area contributed by atoms with Crippen LogP contribution in [0, 0.1) is 6.92 Å². The number of esters is 1. The van der Waals surface area contributed by atoms with Crippen molar-refractivity contribution in [2.45, 2.75) is 31.8 Å². The SMILES string of the molecule is Cc1cn([C@H]2C[C@H](OC(=O)c3ccccc3)[C@@H](CO)O2)c(=O)[nH]c1=O.O. The van der Waals surface area contributed by atoms with E-state index in [-0.39, 0.29) is 18.5 Å². The van der Waals surface area contributed by atoms with Crippen LogP contribution < -0.4 is 11.2 Å². The van der Waals surface area contributed by atoms with Gasteiger partial charge in [-0.3, -0.25) is 14.3 Å². The summed E-state index contributed by atoms with van der Waals surface area (Å²) in [6.45, 7) is 1.21. The molecule has 1 aromatic heterocycles. The van der Waals surface area contributed by atoms with E-state index in [0.29, 0.717) is 11.1 Å². The molecule has 9 heteroatoms. The Balaban J connectivity index is 0.00000243. The molecule has 3 rings (SSSR count). The number of carbonyl (C=O) groups is 1. The van der Waals surface area contributed by atoms with E-state index in [2.05, 4.69) is 4.98 Å². The van der Waals surface area contributed by atoms with E-state index in [1.165, 1.54) is 10.8 Å². The van der Waals surface area contributed by atoms with Crippen LogP contribution in [0.2, 0.25) is 0 Å². The van der Waals surface area contributed by atoms with Gasteiger partial charge >= 0.3 is 11.7 Å². The highest BCUT2D eigenvalue weighted by atomic mass is 16.6. The number of hydrogen-bond acceptors (Lipinski definition) is 6. The molecule has 1 saturated heterocycles. The monoisotopic (exact) mass is 364 g/mol. The highest BCUT2D eigenvalue weighted by Gasteiger charge is 2.39. The molecule has 0 aliphatic carbocycles. The van der Waals surface area contributed by atoms with Crippen molar-refractivity contribution in [2.24, 2.45) is 0 Å². The van der Waals surface area contributed by atoms with Crippen molar-refractivity contribution < 1.29 is 24.9 Å². The first kappa shape index (κ1) is 19.6. The maximum absolute atomic E-state index is 12.2. The van der Waals surface area contributed by atoms with Crippen molar-refractivity contribution in [3.05, 3.63) is 68.5 Å². The number of hydrogen-bond donors (Lipinski definition) is 2. The second kappa shape index (κ2) is 8.09. The first-order valence-corrected chi connectivity index (χ1v) is 7.84. The first-order valence-electron chi connectivity index (χ1n) is 7.84. The van der Waals surface area contributed by atoms with Crippen molar-refractivity contribution in [3.63, 3.8) is 0 Å². The molecule has 1 aliphatic heterocycles. The Labute approximate surface area is 148 Å². The Morgan fingerprint density at radius 1 is 1.35 bits per heavy atom. The van der Waals surface area contributed by atoms with Crippen LogP contribution in [0.3, 0.4) is 0 Å². The highest BCUT2D eigenvalue weighted by molar-refractivity contribution is 5.89. The molecule has 0 unspecified atom stereocenters. The third kappa shape index (κ3) is 3.90. The van der Waals surface area contributed by atoms with Gasteiger partial charge in [0.15, 0.2) is 0 Å². The predicted octanol–water partition coefficient (Wildman–Crippen LogP) is -0.474. The molecular formula is C17H20N2O7. The number of benzene rings is 1. The fraction of sp³-hybridized carbons (Fsp3) is 0.353. The van der Waals surface area contributed by atoms with Crippen LogP contribution in [0.4, 0.5) is 0 Å². The zero-order valence-electron chi connectivity index (χ0n) is 14.0. The molecule has 26 heavy (non-hydrogen) atoms. The van der Waals surface area contributed by atoms with Crippen LogP contribution in [0.25, 0.3) is 0 Å². The third-order valence-corrected chi connectivity index (χ3v) is 4.08. The Morgan fingerprint density at radius 3 is 2.69 bits per heavy atom. The molecule has 0 amide bonds. The molecule has 9 nitrogen and oxygen atoms in total. The fourth-order valence-electron chi connectivity index (χ4n) is 2.74. The third-order valence-electron chi connectivity index (χ3n) is 4.08. The van der Waals surface area contributed by atoms with Gasteiger partial charge in [-0.15, -0.1) is 0 Å². The van der Waals surface area contributed by atoms with Gasteiger partial charge in [0.05, 0.1) is 12.2 Å². The molecule has 0 radical (unpaired) electrons. The smallest absolute Gasteiger partial charge is 0.338 e. The Hall–Kier alpha value is -2.75. The summed E-state index contributed by atoms with van der Waals surface area (Å²) < 4.78 is 12.3. The minimum Gasteiger partial charge on any atom is -0.456 e. The zero-order chi connectivity index (χ0) is 18.0. The van der Waals surface area contributed by atoms with Crippen molar-refractivity contribution in [3.8, 4) is 0 Å². The Kier molecular flexibility index (Phi) is 6.09. The standard InChI is InChI=1S/C17H18N2O6.H2O/c1-10-8-19(17(23)18-15(10)21)14-7-12(13(9-20)24-14)25-16(22)11-5-3-2-4-6-11;/h2-6,8,12-14,20H,7,9H2,1H3,(H,18,21,23);1H2/t12-,13+,14+;/m0./s1. The van der Waals surface area contributed by atoms with Gasteiger partial charge in [0.25, 0.3) is 5.56 Å². The van der Waals surface area contributed by atoms with Crippen molar-refractivity contribution in [1.29, 1.82) is 0 Å². The summed E-state index contributed by atoms with van der Waals surface area (Å²) in [6, 6.07) is 8.47. The first-order chi connectivity index (χ1) is 12.0. The minimum absolute atomic E-state index is 0. The number of aromatic amines is 1. The van der Waals surface area contributed by atoms with Crippen LogP contribution in [0.5, 0.6) is 0 Å². The molecular weight excluding hydrogens is 344 g/mol. The topological polar surface area (TPSA) is 142 Å². The van der Waals surface area contributed by atoms with Gasteiger partial charge in [-0.1, -0.05) is 18.2 Å². The summed E-state index contributed by atoms with van der Waals surface area (Å²) >= 11 is 0. The average molecular weight is 364 g/mol. The van der Waals surface area contributed by atoms with E-state index in [9.17, 15) is 19.5 Å². The number of ether oxygens (including phenoxy) is 2. The van der Waals surface area contributed by atoms with Crippen molar-refractivity contribution in [2.75, 3.05) is 6.61 Å². The molecule has 1 aromatic carbocycles. The quantitative estimate of drug-likeness (QED) is 0.702. The summed E-state index contributed by atoms with van der Waals surface area (Å²) in [5.74, 6) is -0.529. The number of nitrogens with one attached hydrogen (secondary N) is 1. The van der Waals surface area contributed by atoms with Crippen molar-refractivity contribution in [1.82, 2.24) is 9.55 Å². The van der Waals surface area contributed by atoms with E-state index in [1.807, 2.05) is 0 Å². The summed E-state index contributed by atoms with van der Waals surface area (Å²) in [5.41, 5.74) is -0.342. The summed E-state index contributed by atoms with van der Waals surface area (Å²) in [6.07, 6.45) is -0.621. The molecule has 3 atom stereocenters. The molecule has 4 N–H and O–H groups in total. The number of H-pyrrole nitrogens is 1. The van der Waals surface area contributed by atoms with Gasteiger partial charge < -0.3 is 20.1 Å². The molecule has 1 aliphatic rings. The lowest BCUT2D eigenvalue weighted by molar-refractivity contribution is -0.0522. The molecule has 0 bridgehead atoms. The number of aliphatic hydroxyl groups excluding tert-OH is 1. The highest BCUT2D eigenvalue weighted by Crippen LogP contribution is 2.30. The molecule has 0 spiro atoms. The largest absolute Gasteiger partial charge is 0.456 e. The van der Waals surface area contributed by atoms with Crippen molar-refractivity contribution >= 4 is 5.97 Å². The van der Waals surface area contributed by atoms with E-state index in [4.69, 9.17) is 9.47 Å². The maximum atomic E-state index is 12.2. The van der Waals surface area contributed by atoms with Gasteiger partial charge in [-0.05, 0) is 19.1 Å². The summed E-state index contributed by atoms with van der Waals surface area (Å²) in [4.78, 5) is 37.9. The normalized spacial score (nSPS) is 21.8. The second-order valence-electron chi connectivity index (χ2n) is 5.84. The van der Waals surface area contributed by atoms with Crippen LogP contribution in [-0.4, -0.2) is 44.9 Å². The van der Waals surface area contributed by atoms with Gasteiger partial charge in [0.2, 0.25) is 0 Å². The van der Waals surface area contributed by atoms with E-state index < -0.39 is 35.7 Å². The van der Waals surface area contributed by atoms with E-state index in [0.717, 1.165) is 0 Å². The van der Waals surface area contributed by atoms with Gasteiger partial charge in [0.1, 0.15) is 18.4 Å². The van der Waals surface area contributed by atoms with Gasteiger partial charge in [0, 0.05) is 18.2 Å². The minimum atomic E-state index is -0.753. The number of rotatable bonds is 4. The average Bonchev–Trinajstić information content (AvgIpc) is 3.01. The molecule has 2 heterocycles. The fourth-order valence-corrected chi connectivity index (χ4v) is 2.74. The molecule has 2 aromatic rings. The van der Waals surface area contributed by atoms with Crippen LogP contribution in [0.1, 0.15) is 28.6 Å². The van der Waals surface area contributed by atoms with Crippen LogP contribution in [0.15, 0.2) is 46.1 Å². The number of aromatic nitrogens is 2. The zero-order valence-corrected chi connectivity index (χ0v) is 14.0. The van der Waals surface area contributed by atoms with Crippen LogP contribution in [-0.2, 0) is 9.47 Å². The molecule has 1 fully saturated rings. The summed E-state index contributed by atoms with van der Waals surface area (Å²) in [5, 5.41) is 9.49. The molecule has 0 saturated carbocycles. The Bertz CT molecular complexity index is 875. The molecule has 140 valence electrons. The number of aliphatic hydroxyl groups is 1. The summed E-state index contributed by atoms with van der Waals surface area (Å²) in [7, 11) is 0. The van der Waals surface area contributed by atoms with E-state index in [1.54, 1.807) is 37.3 Å². The van der Waals surface area contributed by atoms with Gasteiger partial charge in [-0.2, -0.15) is 0 Å². The lowest BCUT2D eigenvalue weighted by atomic mass is 10.1. The lowest BCUT2D eigenvalue weighted by Gasteiger charge is -2.16. The van der Waals surface area contributed by atoms with E-state index >= 15 is 0 Å². The predicted molar refractivity (Wildman–Crippen MR) is 90.9 cm³/mol. The number of nitrogens with zero attached hydrogens (tertiary/aromatic N) is 1. The Morgan fingerprint density at radius 2 is 2.04 bits per heavy atom. The number of aryl methyl sites for hydroxylation is 1. The van der Waals surface area contributed by atoms with Crippen LogP contribution >= 0.6 is 0 Å². The van der Waals surface area contributed by atoms with Gasteiger partial charge in [-0.25, -0.2) is 9.59 Å².